The van der Waals surface area contributed by atoms with Crippen LogP contribution in [0.25, 0.3) is 10.9 Å². The Morgan fingerprint density at radius 3 is 2.43 bits per heavy atom. The Morgan fingerprint density at radius 2 is 1.73 bits per heavy atom. The fourth-order valence-electron chi connectivity index (χ4n) is 4.49. The summed E-state index contributed by atoms with van der Waals surface area (Å²) in [6.45, 7) is 0.662. The molecule has 0 radical (unpaired) electrons. The molecule has 1 aromatic heterocycles. The van der Waals surface area contributed by atoms with Crippen LogP contribution in [0, 0.1) is 11.6 Å². The molecule has 1 heterocycles. The van der Waals surface area contributed by atoms with E-state index in [1.165, 1.54) is 54.3 Å². The standard InChI is InChI=1S/C24H27F2N3S/c1-28-15-17(22-10-6-7-11-23(22)28)16-29(21-8-4-2-3-5-9-21)24(30)27-20-13-18(25)12-19(26)14-20/h6-7,10-15,21H,2-5,8-9,16H2,1H3,(H,27,30). The first-order valence-electron chi connectivity index (χ1n) is 10.6. The predicted molar refractivity (Wildman–Crippen MR) is 123 cm³/mol. The van der Waals surface area contributed by atoms with E-state index in [9.17, 15) is 8.78 Å². The van der Waals surface area contributed by atoms with Crippen LogP contribution < -0.4 is 5.32 Å². The van der Waals surface area contributed by atoms with Gasteiger partial charge in [-0.3, -0.25) is 0 Å². The van der Waals surface area contributed by atoms with E-state index < -0.39 is 11.6 Å². The first kappa shape index (κ1) is 20.8. The predicted octanol–water partition coefficient (Wildman–Crippen LogP) is 6.38. The average molecular weight is 428 g/mol. The van der Waals surface area contributed by atoms with E-state index in [-0.39, 0.29) is 0 Å². The molecule has 1 N–H and O–H groups in total. The lowest BCUT2D eigenvalue weighted by atomic mass is 10.1. The first-order valence-corrected chi connectivity index (χ1v) is 11.0. The van der Waals surface area contributed by atoms with Crippen molar-refractivity contribution in [3.05, 3.63) is 65.9 Å². The van der Waals surface area contributed by atoms with E-state index in [0.717, 1.165) is 18.9 Å². The minimum absolute atomic E-state index is 0.310. The molecule has 2 aromatic carbocycles. The highest BCUT2D eigenvalue weighted by molar-refractivity contribution is 7.80. The number of benzene rings is 2. The van der Waals surface area contributed by atoms with Gasteiger partial charge in [-0.15, -0.1) is 0 Å². The van der Waals surface area contributed by atoms with Gasteiger partial charge >= 0.3 is 0 Å². The lowest BCUT2D eigenvalue weighted by Gasteiger charge is -2.33. The molecule has 0 atom stereocenters. The van der Waals surface area contributed by atoms with Gasteiger partial charge in [-0.05, 0) is 48.8 Å². The van der Waals surface area contributed by atoms with Gasteiger partial charge in [0.2, 0.25) is 0 Å². The molecule has 1 aliphatic rings. The molecule has 158 valence electrons. The summed E-state index contributed by atoms with van der Waals surface area (Å²) >= 11 is 5.76. The van der Waals surface area contributed by atoms with Crippen molar-refractivity contribution >= 4 is 33.9 Å². The number of thiocarbonyl (C=S) groups is 1. The van der Waals surface area contributed by atoms with Crippen LogP contribution in [-0.4, -0.2) is 20.6 Å². The second-order valence-electron chi connectivity index (χ2n) is 8.14. The van der Waals surface area contributed by atoms with Gasteiger partial charge in [-0.1, -0.05) is 43.9 Å². The van der Waals surface area contributed by atoms with Crippen LogP contribution in [-0.2, 0) is 13.6 Å². The van der Waals surface area contributed by atoms with Crippen molar-refractivity contribution in [1.29, 1.82) is 0 Å². The SMILES string of the molecule is Cn1cc(CN(C(=S)Nc2cc(F)cc(F)c2)C2CCCCCC2)c2ccccc21. The molecule has 1 saturated carbocycles. The lowest BCUT2D eigenvalue weighted by molar-refractivity contribution is 0.281. The Kier molecular flexibility index (Phi) is 6.32. The van der Waals surface area contributed by atoms with Gasteiger partial charge in [0, 0.05) is 48.5 Å². The number of anilines is 1. The third kappa shape index (κ3) is 4.64. The Bertz CT molecular complexity index is 1020. The van der Waals surface area contributed by atoms with E-state index >= 15 is 0 Å². The van der Waals surface area contributed by atoms with Crippen LogP contribution in [0.5, 0.6) is 0 Å². The van der Waals surface area contributed by atoms with Gasteiger partial charge in [0.05, 0.1) is 0 Å². The molecule has 6 heteroatoms. The molecule has 3 nitrogen and oxygen atoms in total. The quantitative estimate of drug-likeness (QED) is 0.385. The van der Waals surface area contributed by atoms with E-state index in [0.29, 0.717) is 23.4 Å². The van der Waals surface area contributed by atoms with Crippen LogP contribution in [0.1, 0.15) is 44.1 Å². The molecule has 0 unspecified atom stereocenters. The lowest BCUT2D eigenvalue weighted by Crippen LogP contribution is -2.42. The summed E-state index contributed by atoms with van der Waals surface area (Å²) in [5.41, 5.74) is 2.72. The van der Waals surface area contributed by atoms with Crippen molar-refractivity contribution in [1.82, 2.24) is 9.47 Å². The number of para-hydroxylation sites is 1. The van der Waals surface area contributed by atoms with Gasteiger partial charge in [-0.25, -0.2) is 8.78 Å². The molecule has 0 bridgehead atoms. The minimum Gasteiger partial charge on any atom is -0.350 e. The highest BCUT2D eigenvalue weighted by Crippen LogP contribution is 2.28. The number of aromatic nitrogens is 1. The average Bonchev–Trinajstić information content (AvgIpc) is 2.87. The van der Waals surface area contributed by atoms with Crippen LogP contribution in [0.4, 0.5) is 14.5 Å². The van der Waals surface area contributed by atoms with Crippen LogP contribution >= 0.6 is 12.2 Å². The molecule has 1 aliphatic carbocycles. The summed E-state index contributed by atoms with van der Waals surface area (Å²) < 4.78 is 29.5. The van der Waals surface area contributed by atoms with Crippen molar-refractivity contribution in [2.45, 2.75) is 51.1 Å². The Labute approximate surface area is 181 Å². The third-order valence-electron chi connectivity index (χ3n) is 5.96. The fourth-order valence-corrected chi connectivity index (χ4v) is 4.82. The van der Waals surface area contributed by atoms with Crippen molar-refractivity contribution < 1.29 is 8.78 Å². The highest BCUT2D eigenvalue weighted by atomic mass is 32.1. The minimum atomic E-state index is -0.615. The van der Waals surface area contributed by atoms with Crippen molar-refractivity contribution in [3.8, 4) is 0 Å². The maximum atomic E-state index is 13.7. The van der Waals surface area contributed by atoms with Crippen LogP contribution in [0.15, 0.2) is 48.7 Å². The van der Waals surface area contributed by atoms with Crippen molar-refractivity contribution in [2.24, 2.45) is 7.05 Å². The maximum Gasteiger partial charge on any atom is 0.173 e. The highest BCUT2D eigenvalue weighted by Gasteiger charge is 2.24. The number of hydrogen-bond acceptors (Lipinski definition) is 1. The second-order valence-corrected chi connectivity index (χ2v) is 8.53. The zero-order valence-electron chi connectivity index (χ0n) is 17.2. The zero-order chi connectivity index (χ0) is 21.1. The molecule has 1 fully saturated rings. The number of nitrogens with zero attached hydrogens (tertiary/aromatic N) is 2. The number of aryl methyl sites for hydroxylation is 1. The molecule has 0 spiro atoms. The normalized spacial score (nSPS) is 15.2. The zero-order valence-corrected chi connectivity index (χ0v) is 18.0. The van der Waals surface area contributed by atoms with Crippen LogP contribution in [0.3, 0.4) is 0 Å². The Hall–Kier alpha value is -2.47. The third-order valence-corrected chi connectivity index (χ3v) is 6.30. The largest absolute Gasteiger partial charge is 0.350 e. The number of fused-ring (bicyclic) bond motifs is 1. The summed E-state index contributed by atoms with van der Waals surface area (Å²) in [5.74, 6) is -1.23. The summed E-state index contributed by atoms with van der Waals surface area (Å²) in [5, 5.41) is 4.81. The summed E-state index contributed by atoms with van der Waals surface area (Å²) in [4.78, 5) is 2.21. The molecular formula is C24H27F2N3S. The monoisotopic (exact) mass is 427 g/mol. The van der Waals surface area contributed by atoms with Gasteiger partial charge in [0.15, 0.2) is 5.11 Å². The van der Waals surface area contributed by atoms with Crippen molar-refractivity contribution in [2.75, 3.05) is 5.32 Å². The maximum absolute atomic E-state index is 13.7. The molecule has 0 amide bonds. The van der Waals surface area contributed by atoms with E-state index in [2.05, 4.69) is 33.1 Å². The van der Waals surface area contributed by atoms with Gasteiger partial charge < -0.3 is 14.8 Å². The number of hydrogen-bond donors (Lipinski definition) is 1. The smallest absolute Gasteiger partial charge is 0.173 e. The molecular weight excluding hydrogens is 400 g/mol. The van der Waals surface area contributed by atoms with Gasteiger partial charge in [0.1, 0.15) is 11.6 Å². The molecule has 0 aliphatic heterocycles. The Balaban J connectivity index is 1.64. The van der Waals surface area contributed by atoms with Gasteiger partial charge in [-0.2, -0.15) is 0 Å². The molecule has 30 heavy (non-hydrogen) atoms. The second kappa shape index (κ2) is 9.13. The fraction of sp³-hybridized carbons (Fsp3) is 0.375. The number of nitrogens with one attached hydrogen (secondary N) is 1. The molecule has 3 aromatic rings. The summed E-state index contributed by atoms with van der Waals surface area (Å²) in [7, 11) is 2.05. The van der Waals surface area contributed by atoms with Gasteiger partial charge in [0.25, 0.3) is 0 Å². The number of halogens is 2. The first-order chi connectivity index (χ1) is 14.5. The van der Waals surface area contributed by atoms with E-state index in [1.807, 2.05) is 19.2 Å². The summed E-state index contributed by atoms with van der Waals surface area (Å²) in [6.07, 6.45) is 9.14. The Morgan fingerprint density at radius 1 is 1.07 bits per heavy atom. The van der Waals surface area contributed by atoms with E-state index in [4.69, 9.17) is 12.2 Å². The van der Waals surface area contributed by atoms with Crippen molar-refractivity contribution in [3.63, 3.8) is 0 Å². The molecule has 0 saturated heterocycles. The molecule has 4 rings (SSSR count). The van der Waals surface area contributed by atoms with E-state index in [1.54, 1.807) is 0 Å². The topological polar surface area (TPSA) is 20.2 Å². The van der Waals surface area contributed by atoms with Crippen LogP contribution in [0.2, 0.25) is 0 Å². The number of rotatable bonds is 4. The summed E-state index contributed by atoms with van der Waals surface area (Å²) in [6, 6.07) is 12.1.